The highest BCUT2D eigenvalue weighted by Gasteiger charge is 2.36. The number of Topliss-reactive ketones (excluding diaryl/α,β-unsaturated/α-hetero) is 1. The van der Waals surface area contributed by atoms with Crippen LogP contribution in [-0.2, 0) is 28.0 Å². The van der Waals surface area contributed by atoms with Crippen LogP contribution in [-0.4, -0.2) is 63.6 Å². The minimum Gasteiger partial charge on any atom is -0.321 e. The van der Waals surface area contributed by atoms with Crippen LogP contribution in [0.2, 0.25) is 5.02 Å². The fourth-order valence-electron chi connectivity index (χ4n) is 4.19. The summed E-state index contributed by atoms with van der Waals surface area (Å²) in [6.07, 6.45) is 0.0653. The fourth-order valence-corrected chi connectivity index (χ4v) is 6.17. The van der Waals surface area contributed by atoms with Gasteiger partial charge in [0.2, 0.25) is 5.91 Å². The first kappa shape index (κ1) is 29.3. The molecule has 1 aliphatic heterocycles. The third-order valence-electron chi connectivity index (χ3n) is 6.04. The Kier molecular flexibility index (Phi) is 9.18. The van der Waals surface area contributed by atoms with Gasteiger partial charge in [-0.3, -0.25) is 23.7 Å². The number of carbonyl (C=O) groups excluding carboxylic acids is 2. The van der Waals surface area contributed by atoms with Gasteiger partial charge in [-0.1, -0.05) is 56.6 Å². The van der Waals surface area contributed by atoms with Crippen LogP contribution in [0.15, 0.2) is 41.4 Å². The molecule has 0 saturated carbocycles. The van der Waals surface area contributed by atoms with Crippen LogP contribution in [0.3, 0.4) is 0 Å². The maximum atomic E-state index is 14.8. The van der Waals surface area contributed by atoms with Gasteiger partial charge in [0.25, 0.3) is 0 Å². The predicted molar refractivity (Wildman–Crippen MR) is 150 cm³/mol. The molecule has 0 aliphatic carbocycles. The largest absolute Gasteiger partial charge is 0.321 e. The van der Waals surface area contributed by atoms with E-state index in [-0.39, 0.29) is 58.6 Å². The van der Waals surface area contributed by atoms with Crippen molar-refractivity contribution in [2.75, 3.05) is 37.5 Å². The monoisotopic (exact) mass is 551 g/mol. The van der Waals surface area contributed by atoms with E-state index in [0.29, 0.717) is 5.56 Å². The lowest BCUT2D eigenvalue weighted by Crippen LogP contribution is -2.40. The number of carbonyl (C=O) groups is 2. The number of anilines is 1. The van der Waals surface area contributed by atoms with Crippen LogP contribution < -0.4 is 5.32 Å². The van der Waals surface area contributed by atoms with E-state index in [1.54, 1.807) is 19.0 Å². The summed E-state index contributed by atoms with van der Waals surface area (Å²) in [6.45, 7) is 6.65. The lowest BCUT2D eigenvalue weighted by molar-refractivity contribution is -0.117. The number of nitrogens with zero attached hydrogens (tertiary/aromatic N) is 2. The molecule has 1 aliphatic rings. The number of benzene rings is 2. The number of likely N-dealkylation sites (N-methyl/N-ethyl adjacent to an activating group) is 1. The molecule has 1 heterocycles. The maximum absolute atomic E-state index is 14.8. The zero-order valence-electron chi connectivity index (χ0n) is 21.8. The number of halogens is 2. The van der Waals surface area contributed by atoms with Crippen molar-refractivity contribution >= 4 is 45.3 Å². The molecule has 3 N–H and O–H groups in total. The van der Waals surface area contributed by atoms with Gasteiger partial charge in [-0.15, -0.1) is 0 Å². The number of rotatable bonds is 7. The molecule has 0 bridgehead atoms. The summed E-state index contributed by atoms with van der Waals surface area (Å²) in [4.78, 5) is 31.4. The number of amides is 1. The van der Waals surface area contributed by atoms with Gasteiger partial charge in [0.15, 0.2) is 5.78 Å². The average molecular weight is 552 g/mol. The van der Waals surface area contributed by atoms with Crippen LogP contribution in [0.5, 0.6) is 0 Å². The fraction of sp³-hybridized carbons (Fsp3) is 0.444. The van der Waals surface area contributed by atoms with Gasteiger partial charge >= 0.3 is 0 Å². The van der Waals surface area contributed by atoms with Crippen molar-refractivity contribution in [2.24, 2.45) is 10.9 Å². The highest BCUT2D eigenvalue weighted by molar-refractivity contribution is 8.25. The first-order valence-corrected chi connectivity index (χ1v) is 14.2. The highest BCUT2D eigenvalue weighted by atomic mass is 35.5. The van der Waals surface area contributed by atoms with E-state index in [1.165, 1.54) is 12.1 Å². The van der Waals surface area contributed by atoms with Crippen molar-refractivity contribution in [3.63, 3.8) is 0 Å². The Morgan fingerprint density at radius 2 is 1.92 bits per heavy atom. The van der Waals surface area contributed by atoms with Gasteiger partial charge < -0.3 is 10.2 Å². The molecule has 1 fully saturated rings. The Labute approximate surface area is 224 Å². The molecule has 202 valence electrons. The second-order valence-electron chi connectivity index (χ2n) is 10.8. The molecule has 0 spiro atoms. The van der Waals surface area contributed by atoms with Crippen molar-refractivity contribution in [1.82, 2.24) is 4.90 Å². The van der Waals surface area contributed by atoms with Crippen molar-refractivity contribution in [2.45, 2.75) is 39.2 Å². The Morgan fingerprint density at radius 3 is 2.54 bits per heavy atom. The Morgan fingerprint density at radius 1 is 1.22 bits per heavy atom. The molecule has 0 aromatic heterocycles. The van der Waals surface area contributed by atoms with E-state index in [0.717, 1.165) is 11.1 Å². The van der Waals surface area contributed by atoms with Crippen molar-refractivity contribution in [3.8, 4) is 0 Å². The van der Waals surface area contributed by atoms with Gasteiger partial charge in [-0.2, -0.15) is 10.6 Å². The third kappa shape index (κ3) is 8.09. The Balaban J connectivity index is 1.78. The quantitative estimate of drug-likeness (QED) is 0.427. The molecular weight excluding hydrogens is 517 g/mol. The van der Waals surface area contributed by atoms with Crippen LogP contribution >= 0.6 is 22.2 Å². The predicted octanol–water partition coefficient (Wildman–Crippen LogP) is 5.41. The lowest BCUT2D eigenvalue weighted by Gasteiger charge is -2.39. The van der Waals surface area contributed by atoms with E-state index in [2.05, 4.69) is 31.1 Å². The third-order valence-corrected chi connectivity index (χ3v) is 8.02. The number of hydrogen-bond donors (Lipinski definition) is 3. The molecule has 1 amide bonds. The standard InChI is InChI=1S/C27H35ClFN3O4S/c1-27(2,3)20-8-6-7-17(10-20)13-30-23-16-37(35,36)15-19(26(23)34)9-18-11-21(28)25(22(29)12-18)31-24(33)14-32(4)5/h6-8,10-12,19,35-36H,9,13-16H2,1-5H3,(H,31,33)/t19-/m1/s1. The SMILES string of the molecule is CN(C)CC(=O)Nc1c(F)cc(C[C@@H]2CS(O)(O)CC(=NCc3cccc(C(C)(C)C)c3)C2=O)cc1Cl. The Bertz CT molecular complexity index is 1190. The minimum absolute atomic E-state index is 0.00425. The van der Waals surface area contributed by atoms with Crippen molar-refractivity contribution in [3.05, 3.63) is 63.9 Å². The number of ketones is 1. The van der Waals surface area contributed by atoms with E-state index >= 15 is 0 Å². The smallest absolute Gasteiger partial charge is 0.238 e. The molecule has 1 saturated heterocycles. The highest BCUT2D eigenvalue weighted by Crippen LogP contribution is 2.45. The minimum atomic E-state index is -3.07. The van der Waals surface area contributed by atoms with E-state index in [1.807, 2.05) is 24.3 Å². The van der Waals surface area contributed by atoms with Crippen LogP contribution in [0, 0.1) is 11.7 Å². The molecule has 0 radical (unpaired) electrons. The van der Waals surface area contributed by atoms with Gasteiger partial charge in [0.05, 0.1) is 35.3 Å². The van der Waals surface area contributed by atoms with Gasteiger partial charge in [0.1, 0.15) is 5.82 Å². The van der Waals surface area contributed by atoms with Gasteiger partial charge in [0, 0.05) is 11.7 Å². The summed E-state index contributed by atoms with van der Waals surface area (Å²) in [5.74, 6) is -2.50. The Hall–Kier alpha value is -2.30. The van der Waals surface area contributed by atoms with Crippen molar-refractivity contribution < 1.29 is 23.1 Å². The van der Waals surface area contributed by atoms with E-state index in [9.17, 15) is 23.1 Å². The summed E-state index contributed by atoms with van der Waals surface area (Å²) in [5.41, 5.74) is 2.45. The molecule has 1 atom stereocenters. The number of nitrogens with one attached hydrogen (secondary N) is 1. The van der Waals surface area contributed by atoms with Gasteiger partial charge in [-0.05, 0) is 54.8 Å². The van der Waals surface area contributed by atoms with Crippen molar-refractivity contribution in [1.29, 1.82) is 0 Å². The summed E-state index contributed by atoms with van der Waals surface area (Å²) in [7, 11) is 0.364. The molecule has 37 heavy (non-hydrogen) atoms. The summed E-state index contributed by atoms with van der Waals surface area (Å²) in [5, 5.41) is 2.47. The first-order chi connectivity index (χ1) is 17.1. The van der Waals surface area contributed by atoms with E-state index in [4.69, 9.17) is 11.6 Å². The lowest BCUT2D eigenvalue weighted by atomic mass is 9.86. The molecule has 3 rings (SSSR count). The first-order valence-electron chi connectivity index (χ1n) is 12.0. The summed E-state index contributed by atoms with van der Waals surface area (Å²) in [6, 6.07) is 10.6. The second kappa shape index (κ2) is 11.6. The molecule has 0 unspecified atom stereocenters. The normalized spacial score (nSPS) is 19.8. The molecule has 7 nitrogen and oxygen atoms in total. The van der Waals surface area contributed by atoms with Gasteiger partial charge in [-0.25, -0.2) is 4.39 Å². The number of aliphatic imine (C=N–C) groups is 1. The average Bonchev–Trinajstić information content (AvgIpc) is 2.76. The molecular formula is C27H35ClFN3O4S. The maximum Gasteiger partial charge on any atom is 0.238 e. The van der Waals surface area contributed by atoms with E-state index < -0.39 is 28.2 Å². The molecule has 2 aromatic carbocycles. The van der Waals surface area contributed by atoms with Crippen LogP contribution in [0.25, 0.3) is 0 Å². The molecule has 2 aromatic rings. The zero-order chi connectivity index (χ0) is 27.5. The summed E-state index contributed by atoms with van der Waals surface area (Å²) >= 11 is 6.25. The molecule has 10 heteroatoms. The topological polar surface area (TPSA) is 102 Å². The second-order valence-corrected chi connectivity index (χ2v) is 13.4. The van der Waals surface area contributed by atoms with Crippen LogP contribution in [0.4, 0.5) is 10.1 Å². The number of hydrogen-bond acceptors (Lipinski definition) is 6. The zero-order valence-corrected chi connectivity index (χ0v) is 23.4. The van der Waals surface area contributed by atoms with Crippen LogP contribution in [0.1, 0.15) is 37.5 Å². The summed E-state index contributed by atoms with van der Waals surface area (Å²) < 4.78 is 35.9.